The van der Waals surface area contributed by atoms with Crippen LogP contribution in [0.3, 0.4) is 0 Å². The largest absolute Gasteiger partial charge is 0.370 e. The number of anilines is 1. The van der Waals surface area contributed by atoms with Crippen molar-refractivity contribution in [1.29, 1.82) is 0 Å². The van der Waals surface area contributed by atoms with Crippen LogP contribution in [-0.4, -0.2) is 33.1 Å². The second-order valence-electron chi connectivity index (χ2n) is 5.12. The van der Waals surface area contributed by atoms with Gasteiger partial charge in [0.1, 0.15) is 5.00 Å². The van der Waals surface area contributed by atoms with Gasteiger partial charge < -0.3 is 5.32 Å². The van der Waals surface area contributed by atoms with E-state index in [2.05, 4.69) is 57.1 Å². The first-order chi connectivity index (χ1) is 9.31. The number of hydrogen-bond acceptors (Lipinski definition) is 5. The Kier molecular flexibility index (Phi) is 3.75. The van der Waals surface area contributed by atoms with Crippen LogP contribution >= 0.6 is 11.5 Å². The number of nitrogens with one attached hydrogen (secondary N) is 1. The SMILES string of the molecule is CC1CC(Nc2cnns2)CN1Cc1ccccc1. The summed E-state index contributed by atoms with van der Waals surface area (Å²) in [5, 5.41) is 8.45. The Hall–Kier alpha value is -1.46. The Morgan fingerprint density at radius 2 is 2.21 bits per heavy atom. The summed E-state index contributed by atoms with van der Waals surface area (Å²) in [6.07, 6.45) is 2.97. The highest BCUT2D eigenvalue weighted by molar-refractivity contribution is 7.09. The van der Waals surface area contributed by atoms with Crippen LogP contribution in [0.1, 0.15) is 18.9 Å². The highest BCUT2D eigenvalue weighted by atomic mass is 32.1. The molecule has 2 unspecified atom stereocenters. The van der Waals surface area contributed by atoms with Crippen LogP contribution in [-0.2, 0) is 6.54 Å². The molecule has 1 fully saturated rings. The third-order valence-electron chi connectivity index (χ3n) is 3.64. The number of hydrogen-bond donors (Lipinski definition) is 1. The van der Waals surface area contributed by atoms with Crippen LogP contribution < -0.4 is 5.32 Å². The standard InChI is InChI=1S/C14H18N4S/c1-11-7-13(16-14-8-15-17-19-14)10-18(11)9-12-5-3-2-4-6-12/h2-6,8,11,13,16H,7,9-10H2,1H3. The lowest BCUT2D eigenvalue weighted by Gasteiger charge is -2.20. The van der Waals surface area contributed by atoms with Crippen LogP contribution in [0.25, 0.3) is 0 Å². The normalized spacial score (nSPS) is 23.6. The van der Waals surface area contributed by atoms with Crippen molar-refractivity contribution in [1.82, 2.24) is 14.5 Å². The van der Waals surface area contributed by atoms with Crippen LogP contribution in [0.4, 0.5) is 5.00 Å². The summed E-state index contributed by atoms with van der Waals surface area (Å²) < 4.78 is 3.89. The van der Waals surface area contributed by atoms with E-state index in [9.17, 15) is 0 Å². The van der Waals surface area contributed by atoms with Crippen molar-refractivity contribution < 1.29 is 0 Å². The highest BCUT2D eigenvalue weighted by Crippen LogP contribution is 2.23. The van der Waals surface area contributed by atoms with Crippen molar-refractivity contribution in [2.45, 2.75) is 32.0 Å². The molecule has 2 heterocycles. The first-order valence-electron chi connectivity index (χ1n) is 6.63. The number of likely N-dealkylation sites (tertiary alicyclic amines) is 1. The van der Waals surface area contributed by atoms with Gasteiger partial charge in [0.15, 0.2) is 0 Å². The molecule has 3 rings (SSSR count). The van der Waals surface area contributed by atoms with E-state index in [1.165, 1.54) is 23.5 Å². The van der Waals surface area contributed by atoms with Gasteiger partial charge in [0, 0.05) is 36.7 Å². The van der Waals surface area contributed by atoms with Crippen molar-refractivity contribution in [2.75, 3.05) is 11.9 Å². The third kappa shape index (κ3) is 3.11. The number of aromatic nitrogens is 2. The Labute approximate surface area is 117 Å². The Morgan fingerprint density at radius 1 is 1.37 bits per heavy atom. The van der Waals surface area contributed by atoms with Gasteiger partial charge >= 0.3 is 0 Å². The van der Waals surface area contributed by atoms with Gasteiger partial charge in [-0.1, -0.05) is 34.8 Å². The first kappa shape index (κ1) is 12.6. The van der Waals surface area contributed by atoms with Crippen LogP contribution in [0.15, 0.2) is 36.5 Å². The number of benzene rings is 1. The predicted octanol–water partition coefficient (Wildman–Crippen LogP) is 2.61. The summed E-state index contributed by atoms with van der Waals surface area (Å²) >= 11 is 1.43. The van der Waals surface area contributed by atoms with Crippen molar-refractivity contribution in [3.63, 3.8) is 0 Å². The zero-order valence-electron chi connectivity index (χ0n) is 11.0. The van der Waals surface area contributed by atoms with Gasteiger partial charge in [0.2, 0.25) is 0 Å². The molecule has 0 spiro atoms. The summed E-state index contributed by atoms with van der Waals surface area (Å²) in [6.45, 7) is 4.41. The summed E-state index contributed by atoms with van der Waals surface area (Å²) in [4.78, 5) is 2.53. The van der Waals surface area contributed by atoms with E-state index in [1.807, 2.05) is 0 Å². The Bertz CT molecular complexity index is 499. The molecular formula is C14H18N4S. The summed E-state index contributed by atoms with van der Waals surface area (Å²) in [6, 6.07) is 11.8. The van der Waals surface area contributed by atoms with Gasteiger partial charge in [-0.2, -0.15) is 0 Å². The molecule has 0 amide bonds. The van der Waals surface area contributed by atoms with Gasteiger partial charge in [-0.15, -0.1) is 5.10 Å². The molecule has 1 saturated heterocycles. The molecule has 0 bridgehead atoms. The monoisotopic (exact) mass is 274 g/mol. The first-order valence-corrected chi connectivity index (χ1v) is 7.40. The van der Waals surface area contributed by atoms with Crippen molar-refractivity contribution in [3.05, 3.63) is 42.1 Å². The van der Waals surface area contributed by atoms with E-state index in [0.717, 1.165) is 18.1 Å². The maximum atomic E-state index is 3.89. The average Bonchev–Trinajstić information content (AvgIpc) is 3.02. The quantitative estimate of drug-likeness (QED) is 0.930. The predicted molar refractivity (Wildman–Crippen MR) is 78.3 cm³/mol. The lowest BCUT2D eigenvalue weighted by molar-refractivity contribution is 0.259. The molecule has 1 aliphatic heterocycles. The van der Waals surface area contributed by atoms with E-state index in [0.29, 0.717) is 12.1 Å². The van der Waals surface area contributed by atoms with E-state index in [1.54, 1.807) is 6.20 Å². The second-order valence-corrected chi connectivity index (χ2v) is 5.91. The zero-order chi connectivity index (χ0) is 13.1. The molecule has 0 aliphatic carbocycles. The fraction of sp³-hybridized carbons (Fsp3) is 0.429. The summed E-state index contributed by atoms with van der Waals surface area (Å²) in [5.41, 5.74) is 1.38. The maximum Gasteiger partial charge on any atom is 0.130 e. The minimum atomic E-state index is 0.501. The number of rotatable bonds is 4. The molecular weight excluding hydrogens is 256 g/mol. The molecule has 2 aromatic rings. The lowest BCUT2D eigenvalue weighted by atomic mass is 10.2. The average molecular weight is 274 g/mol. The molecule has 0 saturated carbocycles. The Morgan fingerprint density at radius 3 is 2.95 bits per heavy atom. The van der Waals surface area contributed by atoms with Crippen molar-refractivity contribution in [2.24, 2.45) is 0 Å². The number of nitrogens with zero attached hydrogens (tertiary/aromatic N) is 3. The lowest BCUT2D eigenvalue weighted by Crippen LogP contribution is -2.28. The fourth-order valence-electron chi connectivity index (χ4n) is 2.67. The minimum absolute atomic E-state index is 0.501. The molecule has 1 aromatic heterocycles. The van der Waals surface area contributed by atoms with E-state index in [4.69, 9.17) is 0 Å². The summed E-state index contributed by atoms with van der Waals surface area (Å²) in [7, 11) is 0. The van der Waals surface area contributed by atoms with Gasteiger partial charge in [-0.25, -0.2) is 0 Å². The summed E-state index contributed by atoms with van der Waals surface area (Å²) in [5.74, 6) is 0. The third-order valence-corrected chi connectivity index (χ3v) is 4.24. The Balaban J connectivity index is 1.59. The van der Waals surface area contributed by atoms with Gasteiger partial charge in [0.05, 0.1) is 6.20 Å². The van der Waals surface area contributed by atoms with Gasteiger partial charge in [-0.3, -0.25) is 4.90 Å². The topological polar surface area (TPSA) is 41.1 Å². The molecule has 1 aromatic carbocycles. The van der Waals surface area contributed by atoms with Crippen LogP contribution in [0, 0.1) is 0 Å². The van der Waals surface area contributed by atoms with E-state index in [-0.39, 0.29) is 0 Å². The van der Waals surface area contributed by atoms with Gasteiger partial charge in [0.25, 0.3) is 0 Å². The van der Waals surface area contributed by atoms with E-state index >= 15 is 0 Å². The molecule has 100 valence electrons. The smallest absolute Gasteiger partial charge is 0.130 e. The molecule has 5 heteroatoms. The molecule has 19 heavy (non-hydrogen) atoms. The maximum absolute atomic E-state index is 3.89. The van der Waals surface area contributed by atoms with E-state index < -0.39 is 0 Å². The highest BCUT2D eigenvalue weighted by Gasteiger charge is 2.29. The van der Waals surface area contributed by atoms with Crippen molar-refractivity contribution >= 4 is 16.5 Å². The molecule has 2 atom stereocenters. The molecule has 1 aliphatic rings. The molecule has 1 N–H and O–H groups in total. The minimum Gasteiger partial charge on any atom is -0.370 e. The second kappa shape index (κ2) is 5.67. The van der Waals surface area contributed by atoms with Gasteiger partial charge in [-0.05, 0) is 18.9 Å². The zero-order valence-corrected chi connectivity index (χ0v) is 11.8. The fourth-order valence-corrected chi connectivity index (χ4v) is 3.17. The molecule has 0 radical (unpaired) electrons. The van der Waals surface area contributed by atoms with Crippen LogP contribution in [0.2, 0.25) is 0 Å². The van der Waals surface area contributed by atoms with Crippen LogP contribution in [0.5, 0.6) is 0 Å². The van der Waals surface area contributed by atoms with Crippen molar-refractivity contribution in [3.8, 4) is 0 Å². The molecule has 4 nitrogen and oxygen atoms in total.